The number of hydrogen-bond acceptors (Lipinski definition) is 7. The SMILES string of the molecule is CCc1nc2ccc(C3CCN(SC)CC3)cn2c1N(C)c1nc(-c2ccc(F)cc2)c(C(N)=O)s1. The van der Waals surface area contributed by atoms with Gasteiger partial charge < -0.3 is 10.6 Å². The van der Waals surface area contributed by atoms with Crippen LogP contribution in [0.25, 0.3) is 16.9 Å². The number of primary amides is 1. The number of rotatable bonds is 7. The molecule has 0 radical (unpaired) electrons. The standard InChI is InChI=1S/C26H29FN6OS2/c1-4-20-25(33-15-18(7-10-21(33)29-20)16-11-13-32(35-3)14-12-16)31(2)26-30-22(23(36-26)24(28)34)17-5-8-19(27)9-6-17/h5-10,15-16H,4,11-14H2,1-3H3,(H2,28,34). The van der Waals surface area contributed by atoms with Crippen molar-refractivity contribution < 1.29 is 9.18 Å². The van der Waals surface area contributed by atoms with Crippen molar-refractivity contribution >= 4 is 45.8 Å². The molecule has 188 valence electrons. The lowest BCUT2D eigenvalue weighted by molar-refractivity contribution is 0.100. The first-order chi connectivity index (χ1) is 17.4. The van der Waals surface area contributed by atoms with Gasteiger partial charge in [0.05, 0.1) is 11.4 Å². The lowest BCUT2D eigenvalue weighted by Crippen LogP contribution is -2.27. The van der Waals surface area contributed by atoms with Crippen molar-refractivity contribution in [3.63, 3.8) is 0 Å². The first-order valence-corrected chi connectivity index (χ1v) is 14.0. The Morgan fingerprint density at radius 2 is 1.92 bits per heavy atom. The Balaban J connectivity index is 1.55. The predicted molar refractivity (Wildman–Crippen MR) is 146 cm³/mol. The van der Waals surface area contributed by atoms with E-state index in [1.165, 1.54) is 29.0 Å². The Kier molecular flexibility index (Phi) is 7.00. The van der Waals surface area contributed by atoms with Gasteiger partial charge >= 0.3 is 0 Å². The van der Waals surface area contributed by atoms with E-state index in [1.54, 1.807) is 12.1 Å². The molecule has 10 heteroatoms. The summed E-state index contributed by atoms with van der Waals surface area (Å²) in [6.45, 7) is 4.25. The van der Waals surface area contributed by atoms with Crippen LogP contribution in [0.5, 0.6) is 0 Å². The molecular formula is C26H29FN6OS2. The Bertz CT molecular complexity index is 1390. The van der Waals surface area contributed by atoms with Crippen LogP contribution in [0.2, 0.25) is 0 Å². The summed E-state index contributed by atoms with van der Waals surface area (Å²) < 4.78 is 18.0. The number of carbonyl (C=O) groups excluding carboxylic acids is 1. The highest BCUT2D eigenvalue weighted by atomic mass is 32.2. The number of anilines is 2. The van der Waals surface area contributed by atoms with Crippen LogP contribution in [0.15, 0.2) is 42.6 Å². The number of pyridine rings is 1. The fourth-order valence-corrected chi connectivity index (χ4v) is 6.30. The molecule has 1 aliphatic rings. The molecule has 0 spiro atoms. The van der Waals surface area contributed by atoms with E-state index in [-0.39, 0.29) is 5.82 Å². The van der Waals surface area contributed by atoms with E-state index < -0.39 is 5.91 Å². The number of nitrogens with zero attached hydrogens (tertiary/aromatic N) is 5. The van der Waals surface area contributed by atoms with Crippen LogP contribution in [0.4, 0.5) is 15.3 Å². The molecule has 0 atom stereocenters. The van der Waals surface area contributed by atoms with E-state index >= 15 is 0 Å². The van der Waals surface area contributed by atoms with Crippen LogP contribution in [0, 0.1) is 5.82 Å². The highest BCUT2D eigenvalue weighted by molar-refractivity contribution is 7.96. The fourth-order valence-electron chi connectivity index (χ4n) is 4.82. The number of aryl methyl sites for hydroxylation is 1. The number of thiazole rings is 1. The average Bonchev–Trinajstić information content (AvgIpc) is 3.51. The summed E-state index contributed by atoms with van der Waals surface area (Å²) in [6, 6.07) is 10.2. The summed E-state index contributed by atoms with van der Waals surface area (Å²) in [5, 5.41) is 0.623. The number of carbonyl (C=O) groups is 1. The number of halogens is 1. The van der Waals surface area contributed by atoms with Crippen LogP contribution in [-0.2, 0) is 6.42 Å². The molecule has 7 nitrogen and oxygen atoms in total. The average molecular weight is 525 g/mol. The van der Waals surface area contributed by atoms with Gasteiger partial charge in [0.1, 0.15) is 22.2 Å². The van der Waals surface area contributed by atoms with Crippen molar-refractivity contribution in [2.24, 2.45) is 5.73 Å². The zero-order valence-corrected chi connectivity index (χ0v) is 22.2. The summed E-state index contributed by atoms with van der Waals surface area (Å²) in [6.07, 6.45) is 7.35. The number of nitrogens with two attached hydrogens (primary N) is 1. The maximum absolute atomic E-state index is 13.5. The first-order valence-electron chi connectivity index (χ1n) is 12.0. The highest BCUT2D eigenvalue weighted by Crippen LogP contribution is 2.38. The van der Waals surface area contributed by atoms with E-state index in [9.17, 15) is 9.18 Å². The number of aromatic nitrogens is 3. The van der Waals surface area contributed by atoms with Gasteiger partial charge in [-0.15, -0.1) is 0 Å². The van der Waals surface area contributed by atoms with E-state index in [0.717, 1.165) is 49.5 Å². The molecule has 1 fully saturated rings. The van der Waals surface area contributed by atoms with Gasteiger partial charge in [-0.3, -0.25) is 13.5 Å². The van der Waals surface area contributed by atoms with Crippen molar-refractivity contribution in [1.82, 2.24) is 18.7 Å². The Hall–Kier alpha value is -2.95. The molecule has 2 N–H and O–H groups in total. The van der Waals surface area contributed by atoms with Crippen molar-refractivity contribution in [2.45, 2.75) is 32.1 Å². The van der Waals surface area contributed by atoms with E-state index in [2.05, 4.69) is 40.2 Å². The molecule has 5 rings (SSSR count). The molecule has 0 saturated carbocycles. The van der Waals surface area contributed by atoms with Crippen molar-refractivity contribution in [3.8, 4) is 11.3 Å². The minimum Gasteiger partial charge on any atom is -0.365 e. The van der Waals surface area contributed by atoms with Crippen molar-refractivity contribution in [2.75, 3.05) is 31.3 Å². The Morgan fingerprint density at radius 3 is 2.56 bits per heavy atom. The molecular weight excluding hydrogens is 495 g/mol. The van der Waals surface area contributed by atoms with E-state index in [1.807, 2.05) is 23.9 Å². The maximum Gasteiger partial charge on any atom is 0.261 e. The number of benzene rings is 1. The summed E-state index contributed by atoms with van der Waals surface area (Å²) in [4.78, 5) is 24.2. The van der Waals surface area contributed by atoms with Crippen molar-refractivity contribution in [3.05, 3.63) is 64.5 Å². The largest absolute Gasteiger partial charge is 0.365 e. The van der Waals surface area contributed by atoms with Gasteiger partial charge in [0.2, 0.25) is 0 Å². The fraction of sp³-hybridized carbons (Fsp3) is 0.346. The highest BCUT2D eigenvalue weighted by Gasteiger charge is 2.25. The number of imidazole rings is 1. The topological polar surface area (TPSA) is 79.8 Å². The van der Waals surface area contributed by atoms with Crippen LogP contribution in [0.1, 0.15) is 46.6 Å². The summed E-state index contributed by atoms with van der Waals surface area (Å²) in [5.41, 5.74) is 9.94. The molecule has 0 aliphatic carbocycles. The second-order valence-corrected chi connectivity index (χ2v) is 10.8. The smallest absolute Gasteiger partial charge is 0.261 e. The number of amides is 1. The zero-order valence-electron chi connectivity index (χ0n) is 20.6. The van der Waals surface area contributed by atoms with Crippen molar-refractivity contribution in [1.29, 1.82) is 0 Å². The van der Waals surface area contributed by atoms with Gasteiger partial charge in [0.15, 0.2) is 5.13 Å². The van der Waals surface area contributed by atoms with Gasteiger partial charge in [-0.1, -0.05) is 36.3 Å². The quantitative estimate of drug-likeness (QED) is 0.322. The maximum atomic E-state index is 13.5. The molecule has 0 unspecified atom stereocenters. The van der Waals surface area contributed by atoms with Gasteiger partial charge in [0.25, 0.3) is 5.91 Å². The van der Waals surface area contributed by atoms with Crippen LogP contribution in [-0.4, -0.2) is 51.0 Å². The van der Waals surface area contributed by atoms with Gasteiger partial charge in [0, 0.05) is 31.9 Å². The zero-order chi connectivity index (χ0) is 25.4. The van der Waals surface area contributed by atoms with Gasteiger partial charge in [-0.2, -0.15) is 0 Å². The van der Waals surface area contributed by atoms with Crippen LogP contribution in [0.3, 0.4) is 0 Å². The van der Waals surface area contributed by atoms with Gasteiger partial charge in [-0.05, 0) is 67.3 Å². The monoisotopic (exact) mass is 524 g/mol. The number of piperidine rings is 1. The molecule has 4 heterocycles. The molecule has 1 aromatic carbocycles. The van der Waals surface area contributed by atoms with Gasteiger partial charge in [-0.25, -0.2) is 14.4 Å². The van der Waals surface area contributed by atoms with Crippen LogP contribution >= 0.6 is 23.3 Å². The molecule has 0 bridgehead atoms. The predicted octanol–water partition coefficient (Wildman–Crippen LogP) is 5.48. The lowest BCUT2D eigenvalue weighted by Gasteiger charge is -2.30. The normalized spacial score (nSPS) is 15.0. The summed E-state index contributed by atoms with van der Waals surface area (Å²) >= 11 is 3.05. The molecule has 1 aliphatic heterocycles. The third-order valence-corrected chi connectivity index (χ3v) is 8.79. The molecule has 1 amide bonds. The lowest BCUT2D eigenvalue weighted by atomic mass is 9.91. The number of fused-ring (bicyclic) bond motifs is 1. The first kappa shape index (κ1) is 24.7. The second-order valence-electron chi connectivity index (χ2n) is 8.92. The minimum atomic E-state index is -0.556. The third kappa shape index (κ3) is 4.60. The molecule has 4 aromatic rings. The second kappa shape index (κ2) is 10.2. The van der Waals surface area contributed by atoms with E-state index in [4.69, 9.17) is 15.7 Å². The molecule has 1 saturated heterocycles. The van der Waals surface area contributed by atoms with E-state index in [0.29, 0.717) is 27.2 Å². The Morgan fingerprint density at radius 1 is 1.19 bits per heavy atom. The number of hydrogen-bond donors (Lipinski definition) is 1. The third-order valence-electron chi connectivity index (χ3n) is 6.77. The van der Waals surface area contributed by atoms with Crippen LogP contribution < -0.4 is 10.6 Å². The summed E-state index contributed by atoms with van der Waals surface area (Å²) in [5.74, 6) is 0.528. The Labute approximate surface area is 218 Å². The molecule has 3 aromatic heterocycles. The minimum absolute atomic E-state index is 0.344. The summed E-state index contributed by atoms with van der Waals surface area (Å²) in [7, 11) is 1.93. The molecule has 36 heavy (non-hydrogen) atoms.